The number of aromatic nitrogens is 3. The second-order valence-corrected chi connectivity index (χ2v) is 7.28. The lowest BCUT2D eigenvalue weighted by atomic mass is 9.73. The molecule has 1 saturated heterocycles. The van der Waals surface area contributed by atoms with Gasteiger partial charge in [-0.25, -0.2) is 4.98 Å². The van der Waals surface area contributed by atoms with Gasteiger partial charge in [0, 0.05) is 13.1 Å². The number of likely N-dealkylation sites (tertiary alicyclic amines) is 1. The molecule has 4 rings (SSSR count). The van der Waals surface area contributed by atoms with Crippen molar-refractivity contribution in [1.82, 2.24) is 19.7 Å². The lowest BCUT2D eigenvalue weighted by Crippen LogP contribution is -2.46. The maximum absolute atomic E-state index is 12.7. The zero-order chi connectivity index (χ0) is 16.6. The van der Waals surface area contributed by atoms with Crippen LogP contribution >= 0.6 is 0 Å². The van der Waals surface area contributed by atoms with Crippen molar-refractivity contribution < 1.29 is 4.79 Å². The molecule has 2 aromatic rings. The highest BCUT2D eigenvalue weighted by Gasteiger charge is 2.42. The molecule has 1 amide bonds. The zero-order valence-corrected chi connectivity index (χ0v) is 14.2. The number of piperidine rings is 1. The molecule has 0 saturated carbocycles. The van der Waals surface area contributed by atoms with Crippen LogP contribution in [0.1, 0.15) is 37.3 Å². The Morgan fingerprint density at radius 3 is 2.79 bits per heavy atom. The summed E-state index contributed by atoms with van der Waals surface area (Å²) in [6, 6.07) is 8.86. The van der Waals surface area contributed by atoms with Gasteiger partial charge in [0.05, 0.1) is 12.5 Å². The maximum Gasteiger partial charge on any atom is 0.227 e. The normalized spacial score (nSPS) is 20.1. The monoisotopic (exact) mass is 324 g/mol. The molecule has 0 bridgehead atoms. The molecule has 5 heteroatoms. The van der Waals surface area contributed by atoms with Crippen LogP contribution in [0.3, 0.4) is 0 Å². The van der Waals surface area contributed by atoms with E-state index < -0.39 is 0 Å². The number of aryl methyl sites for hydroxylation is 1. The first-order valence-corrected chi connectivity index (χ1v) is 8.88. The van der Waals surface area contributed by atoms with Crippen molar-refractivity contribution in [3.8, 4) is 0 Å². The summed E-state index contributed by atoms with van der Waals surface area (Å²) in [5, 5.41) is 4.10. The van der Waals surface area contributed by atoms with E-state index in [1.54, 1.807) is 11.0 Å². The van der Waals surface area contributed by atoms with Crippen molar-refractivity contribution in [3.63, 3.8) is 0 Å². The van der Waals surface area contributed by atoms with Gasteiger partial charge in [-0.2, -0.15) is 5.10 Å². The Morgan fingerprint density at radius 1 is 1.25 bits per heavy atom. The molecule has 2 aliphatic rings. The van der Waals surface area contributed by atoms with Crippen LogP contribution in [0.4, 0.5) is 0 Å². The molecule has 2 heterocycles. The number of carbonyl (C=O) groups is 1. The molecule has 0 N–H and O–H groups in total. The number of fused-ring (bicyclic) bond motifs is 2. The molecule has 1 aromatic carbocycles. The summed E-state index contributed by atoms with van der Waals surface area (Å²) in [5.74, 6) is 0.184. The fourth-order valence-corrected chi connectivity index (χ4v) is 4.44. The molecule has 5 nitrogen and oxygen atoms in total. The van der Waals surface area contributed by atoms with E-state index in [4.69, 9.17) is 0 Å². The average molecular weight is 324 g/mol. The molecule has 1 unspecified atom stereocenters. The van der Waals surface area contributed by atoms with Gasteiger partial charge in [0.2, 0.25) is 5.91 Å². The van der Waals surface area contributed by atoms with Gasteiger partial charge in [0.25, 0.3) is 0 Å². The number of hydrogen-bond donors (Lipinski definition) is 0. The summed E-state index contributed by atoms with van der Waals surface area (Å²) < 4.78 is 1.74. The Labute approximate surface area is 142 Å². The molecule has 1 aromatic heterocycles. The van der Waals surface area contributed by atoms with Crippen LogP contribution in [0.2, 0.25) is 0 Å². The molecule has 1 spiro atoms. The highest BCUT2D eigenvalue weighted by Crippen LogP contribution is 2.46. The topological polar surface area (TPSA) is 51.0 Å². The minimum atomic E-state index is -0.0587. The van der Waals surface area contributed by atoms with Crippen LogP contribution in [-0.4, -0.2) is 38.7 Å². The molecule has 1 aliphatic heterocycles. The molecule has 0 radical (unpaired) electrons. The average Bonchev–Trinajstić information content (AvgIpc) is 3.24. The smallest absolute Gasteiger partial charge is 0.227 e. The number of hydrogen-bond acceptors (Lipinski definition) is 3. The molecule has 1 fully saturated rings. The lowest BCUT2D eigenvalue weighted by molar-refractivity contribution is -0.137. The minimum absolute atomic E-state index is 0.0587. The maximum atomic E-state index is 12.7. The van der Waals surface area contributed by atoms with Gasteiger partial charge in [-0.1, -0.05) is 31.2 Å². The van der Waals surface area contributed by atoms with Gasteiger partial charge in [-0.3, -0.25) is 9.48 Å². The Bertz CT molecular complexity index is 717. The van der Waals surface area contributed by atoms with Crippen molar-refractivity contribution in [3.05, 3.63) is 48.0 Å². The molecular weight excluding hydrogens is 300 g/mol. The van der Waals surface area contributed by atoms with Gasteiger partial charge in [-0.05, 0) is 42.2 Å². The van der Waals surface area contributed by atoms with Crippen LogP contribution in [0.15, 0.2) is 36.9 Å². The highest BCUT2D eigenvalue weighted by atomic mass is 16.2. The molecule has 24 heavy (non-hydrogen) atoms. The SMILES string of the molecule is CC(Cn1cncn1)C(=O)N1CCC2(CCc3ccccc32)CC1. The summed E-state index contributed by atoms with van der Waals surface area (Å²) in [7, 11) is 0. The van der Waals surface area contributed by atoms with Crippen LogP contribution in [0.5, 0.6) is 0 Å². The van der Waals surface area contributed by atoms with Crippen molar-refractivity contribution in [1.29, 1.82) is 0 Å². The molecule has 126 valence electrons. The number of rotatable bonds is 3. The number of amides is 1. The first-order valence-electron chi connectivity index (χ1n) is 8.88. The fraction of sp³-hybridized carbons (Fsp3) is 0.526. The first kappa shape index (κ1) is 15.4. The van der Waals surface area contributed by atoms with Crippen molar-refractivity contribution in [2.24, 2.45) is 5.92 Å². The number of nitrogens with zero attached hydrogens (tertiary/aromatic N) is 4. The minimum Gasteiger partial charge on any atom is -0.342 e. The zero-order valence-electron chi connectivity index (χ0n) is 14.2. The van der Waals surface area contributed by atoms with E-state index in [1.165, 1.54) is 30.3 Å². The van der Waals surface area contributed by atoms with Crippen molar-refractivity contribution in [2.75, 3.05) is 13.1 Å². The standard InChI is InChI=1S/C19H24N4O/c1-15(12-23-14-20-13-21-23)18(24)22-10-8-19(9-11-22)7-6-16-4-2-3-5-17(16)19/h2-5,13-15H,6-12H2,1H3. The van der Waals surface area contributed by atoms with E-state index in [2.05, 4.69) is 34.3 Å². The first-order chi connectivity index (χ1) is 11.7. The van der Waals surface area contributed by atoms with Crippen molar-refractivity contribution >= 4 is 5.91 Å². The quantitative estimate of drug-likeness (QED) is 0.871. The summed E-state index contributed by atoms with van der Waals surface area (Å²) in [5.41, 5.74) is 3.35. The van der Waals surface area contributed by atoms with E-state index >= 15 is 0 Å². The highest BCUT2D eigenvalue weighted by molar-refractivity contribution is 5.78. The van der Waals surface area contributed by atoms with Crippen LogP contribution < -0.4 is 0 Å². The predicted molar refractivity (Wildman–Crippen MR) is 91.4 cm³/mol. The predicted octanol–water partition coefficient (Wildman–Crippen LogP) is 2.42. The van der Waals surface area contributed by atoms with Gasteiger partial charge >= 0.3 is 0 Å². The van der Waals surface area contributed by atoms with Gasteiger partial charge in [0.1, 0.15) is 12.7 Å². The van der Waals surface area contributed by atoms with Gasteiger partial charge < -0.3 is 4.90 Å². The van der Waals surface area contributed by atoms with E-state index in [-0.39, 0.29) is 11.8 Å². The second-order valence-electron chi connectivity index (χ2n) is 7.28. The Kier molecular flexibility index (Phi) is 3.87. The van der Waals surface area contributed by atoms with Gasteiger partial charge in [0.15, 0.2) is 0 Å². The molecular formula is C19H24N4O. The third-order valence-corrected chi connectivity index (χ3v) is 5.84. The second kappa shape index (κ2) is 6.04. The Hall–Kier alpha value is -2.17. The van der Waals surface area contributed by atoms with Crippen molar-refractivity contribution in [2.45, 2.75) is 44.6 Å². The van der Waals surface area contributed by atoms with E-state index in [9.17, 15) is 4.79 Å². The summed E-state index contributed by atoms with van der Waals surface area (Å²) in [4.78, 5) is 18.7. The number of carbonyl (C=O) groups excluding carboxylic acids is 1. The summed E-state index contributed by atoms with van der Waals surface area (Å²) >= 11 is 0. The van der Waals surface area contributed by atoms with Crippen LogP contribution in [0.25, 0.3) is 0 Å². The molecule has 1 aliphatic carbocycles. The third kappa shape index (κ3) is 2.62. The van der Waals surface area contributed by atoms with Gasteiger partial charge in [-0.15, -0.1) is 0 Å². The van der Waals surface area contributed by atoms with Crippen LogP contribution in [-0.2, 0) is 23.2 Å². The van der Waals surface area contributed by atoms with E-state index in [0.29, 0.717) is 12.0 Å². The van der Waals surface area contributed by atoms with Crippen LogP contribution in [0, 0.1) is 5.92 Å². The van der Waals surface area contributed by atoms with E-state index in [0.717, 1.165) is 25.9 Å². The Morgan fingerprint density at radius 2 is 2.04 bits per heavy atom. The summed E-state index contributed by atoms with van der Waals surface area (Å²) in [6.07, 6.45) is 7.79. The fourth-order valence-electron chi connectivity index (χ4n) is 4.44. The summed E-state index contributed by atoms with van der Waals surface area (Å²) in [6.45, 7) is 4.33. The molecule has 1 atom stereocenters. The largest absolute Gasteiger partial charge is 0.342 e. The lowest BCUT2D eigenvalue weighted by Gasteiger charge is -2.41. The number of benzene rings is 1. The third-order valence-electron chi connectivity index (χ3n) is 5.84. The van der Waals surface area contributed by atoms with E-state index in [1.807, 2.05) is 11.8 Å². The Balaban J connectivity index is 1.40.